The summed E-state index contributed by atoms with van der Waals surface area (Å²) in [5.41, 5.74) is 1.01. The molecule has 110 valence electrons. The average Bonchev–Trinajstić information content (AvgIpc) is 2.85. The van der Waals surface area contributed by atoms with Crippen LogP contribution in [0, 0.1) is 0 Å². The maximum atomic E-state index is 12.3. The Kier molecular flexibility index (Phi) is 3.94. The SMILES string of the molecule is CCCc1csc(NC(=O)N2CCOC3(CCC3)C2)n1. The van der Waals surface area contributed by atoms with Gasteiger partial charge < -0.3 is 9.64 Å². The van der Waals surface area contributed by atoms with Crippen molar-refractivity contribution in [3.8, 4) is 0 Å². The molecule has 2 heterocycles. The summed E-state index contributed by atoms with van der Waals surface area (Å²) < 4.78 is 5.83. The van der Waals surface area contributed by atoms with E-state index >= 15 is 0 Å². The first-order valence-electron chi connectivity index (χ1n) is 7.35. The minimum atomic E-state index is -0.0498. The Hall–Kier alpha value is -1.14. The quantitative estimate of drug-likeness (QED) is 0.933. The first-order valence-corrected chi connectivity index (χ1v) is 8.23. The molecule has 3 rings (SSSR count). The van der Waals surface area contributed by atoms with Gasteiger partial charge in [-0.15, -0.1) is 11.3 Å². The molecule has 6 heteroatoms. The maximum absolute atomic E-state index is 12.3. The van der Waals surface area contributed by atoms with Crippen LogP contribution in [0.3, 0.4) is 0 Å². The van der Waals surface area contributed by atoms with Gasteiger partial charge in [0, 0.05) is 11.9 Å². The van der Waals surface area contributed by atoms with Crippen LogP contribution in [-0.4, -0.2) is 41.2 Å². The molecule has 1 saturated carbocycles. The molecule has 1 spiro atoms. The minimum absolute atomic E-state index is 0.0445. The molecule has 20 heavy (non-hydrogen) atoms. The number of morpholine rings is 1. The fraction of sp³-hybridized carbons (Fsp3) is 0.714. The van der Waals surface area contributed by atoms with E-state index < -0.39 is 0 Å². The number of hydrogen-bond donors (Lipinski definition) is 1. The highest BCUT2D eigenvalue weighted by molar-refractivity contribution is 7.13. The molecule has 1 aliphatic heterocycles. The van der Waals surface area contributed by atoms with Crippen LogP contribution < -0.4 is 5.32 Å². The summed E-state index contributed by atoms with van der Waals surface area (Å²) in [6, 6.07) is -0.0445. The number of anilines is 1. The summed E-state index contributed by atoms with van der Waals surface area (Å²) in [7, 11) is 0. The lowest BCUT2D eigenvalue weighted by Gasteiger charge is -2.48. The Bertz CT molecular complexity index is 485. The Morgan fingerprint density at radius 3 is 3.15 bits per heavy atom. The number of aromatic nitrogens is 1. The van der Waals surface area contributed by atoms with Gasteiger partial charge in [-0.3, -0.25) is 5.32 Å². The molecule has 0 atom stereocenters. The fourth-order valence-corrected chi connectivity index (χ4v) is 3.53. The number of nitrogens with one attached hydrogen (secondary N) is 1. The summed E-state index contributed by atoms with van der Waals surface area (Å²) in [4.78, 5) is 18.6. The van der Waals surface area contributed by atoms with E-state index in [4.69, 9.17) is 4.74 Å². The minimum Gasteiger partial charge on any atom is -0.371 e. The molecular weight excluding hydrogens is 274 g/mol. The number of aryl methyl sites for hydroxylation is 1. The number of nitrogens with zero attached hydrogens (tertiary/aromatic N) is 2. The molecule has 0 bridgehead atoms. The zero-order valence-electron chi connectivity index (χ0n) is 11.9. The number of amides is 2. The van der Waals surface area contributed by atoms with Gasteiger partial charge in [0.05, 0.1) is 24.4 Å². The van der Waals surface area contributed by atoms with E-state index in [1.165, 1.54) is 17.8 Å². The second-order valence-corrected chi connectivity index (χ2v) is 6.49. The summed E-state index contributed by atoms with van der Waals surface area (Å²) >= 11 is 1.50. The van der Waals surface area contributed by atoms with Gasteiger partial charge in [-0.05, 0) is 25.7 Å². The normalized spacial score (nSPS) is 20.8. The Morgan fingerprint density at radius 1 is 1.60 bits per heavy atom. The Labute approximate surface area is 123 Å². The molecule has 1 aromatic rings. The van der Waals surface area contributed by atoms with E-state index in [0.717, 1.165) is 31.4 Å². The largest absolute Gasteiger partial charge is 0.371 e. The van der Waals surface area contributed by atoms with Gasteiger partial charge in [-0.1, -0.05) is 13.3 Å². The van der Waals surface area contributed by atoms with E-state index in [2.05, 4.69) is 17.2 Å². The van der Waals surface area contributed by atoms with Crippen molar-refractivity contribution in [2.75, 3.05) is 25.0 Å². The van der Waals surface area contributed by atoms with Crippen molar-refractivity contribution >= 4 is 22.5 Å². The number of hydrogen-bond acceptors (Lipinski definition) is 4. The predicted molar refractivity (Wildman–Crippen MR) is 79.2 cm³/mol. The number of urea groups is 1. The van der Waals surface area contributed by atoms with Gasteiger partial charge in [0.1, 0.15) is 0 Å². The Balaban J connectivity index is 1.57. The molecule has 0 aromatic carbocycles. The van der Waals surface area contributed by atoms with Gasteiger partial charge >= 0.3 is 6.03 Å². The van der Waals surface area contributed by atoms with Crippen molar-refractivity contribution in [1.29, 1.82) is 0 Å². The number of carbonyl (C=O) groups is 1. The van der Waals surface area contributed by atoms with Gasteiger partial charge in [0.25, 0.3) is 0 Å². The standard InChI is InChI=1S/C14H21N3O2S/c1-2-4-11-9-20-12(15-11)16-13(18)17-7-8-19-14(10-17)5-3-6-14/h9H,2-8,10H2,1H3,(H,15,16,18). The fourth-order valence-electron chi connectivity index (χ4n) is 2.80. The van der Waals surface area contributed by atoms with E-state index in [9.17, 15) is 4.79 Å². The predicted octanol–water partition coefficient (Wildman–Crippen LogP) is 2.88. The van der Waals surface area contributed by atoms with Gasteiger partial charge in [-0.2, -0.15) is 0 Å². The lowest BCUT2D eigenvalue weighted by atomic mass is 9.79. The van der Waals surface area contributed by atoms with E-state index in [1.54, 1.807) is 0 Å². The van der Waals surface area contributed by atoms with Crippen LogP contribution in [0.4, 0.5) is 9.93 Å². The molecule has 5 nitrogen and oxygen atoms in total. The van der Waals surface area contributed by atoms with Crippen molar-refractivity contribution in [2.45, 2.75) is 44.6 Å². The molecule has 2 fully saturated rings. The maximum Gasteiger partial charge on any atom is 0.323 e. The number of ether oxygens (including phenoxy) is 1. The van der Waals surface area contributed by atoms with Crippen LogP contribution in [0.1, 0.15) is 38.3 Å². The third-order valence-electron chi connectivity index (χ3n) is 4.07. The van der Waals surface area contributed by atoms with Crippen molar-refractivity contribution in [2.24, 2.45) is 0 Å². The highest BCUT2D eigenvalue weighted by Crippen LogP contribution is 2.38. The van der Waals surface area contributed by atoms with Crippen LogP contribution >= 0.6 is 11.3 Å². The molecule has 1 N–H and O–H groups in total. The van der Waals surface area contributed by atoms with Crippen molar-refractivity contribution in [1.82, 2.24) is 9.88 Å². The first-order chi connectivity index (χ1) is 9.71. The Morgan fingerprint density at radius 2 is 2.45 bits per heavy atom. The highest BCUT2D eigenvalue weighted by atomic mass is 32.1. The van der Waals surface area contributed by atoms with Crippen molar-refractivity contribution in [3.63, 3.8) is 0 Å². The molecular formula is C14H21N3O2S. The topological polar surface area (TPSA) is 54.5 Å². The van der Waals surface area contributed by atoms with Crippen LogP contribution in [0.25, 0.3) is 0 Å². The highest BCUT2D eigenvalue weighted by Gasteiger charge is 2.43. The second kappa shape index (κ2) is 5.69. The number of thiazole rings is 1. The molecule has 1 aromatic heterocycles. The lowest BCUT2D eigenvalue weighted by molar-refractivity contribution is -0.140. The number of rotatable bonds is 3. The molecule has 2 aliphatic rings. The zero-order valence-corrected chi connectivity index (χ0v) is 12.7. The van der Waals surface area contributed by atoms with Gasteiger partial charge in [0.2, 0.25) is 0 Å². The molecule has 1 aliphatic carbocycles. The van der Waals surface area contributed by atoms with Gasteiger partial charge in [-0.25, -0.2) is 9.78 Å². The van der Waals surface area contributed by atoms with E-state index in [1.807, 2.05) is 10.3 Å². The second-order valence-electron chi connectivity index (χ2n) is 5.63. The first kappa shape index (κ1) is 13.8. The third kappa shape index (κ3) is 2.81. The molecule has 2 amide bonds. The summed E-state index contributed by atoms with van der Waals surface area (Å²) in [6.45, 7) is 4.16. The van der Waals surface area contributed by atoms with Crippen LogP contribution in [0.15, 0.2) is 5.38 Å². The average molecular weight is 295 g/mol. The van der Waals surface area contributed by atoms with Crippen LogP contribution in [0.5, 0.6) is 0 Å². The van der Waals surface area contributed by atoms with E-state index in [0.29, 0.717) is 24.8 Å². The van der Waals surface area contributed by atoms with Crippen molar-refractivity contribution in [3.05, 3.63) is 11.1 Å². The summed E-state index contributed by atoms with van der Waals surface area (Å²) in [6.07, 6.45) is 5.40. The lowest BCUT2D eigenvalue weighted by Crippen LogP contribution is -2.57. The van der Waals surface area contributed by atoms with Crippen LogP contribution in [-0.2, 0) is 11.2 Å². The monoisotopic (exact) mass is 295 g/mol. The molecule has 1 saturated heterocycles. The molecule has 0 unspecified atom stereocenters. The van der Waals surface area contributed by atoms with Gasteiger partial charge in [0.15, 0.2) is 5.13 Å². The van der Waals surface area contributed by atoms with Crippen molar-refractivity contribution < 1.29 is 9.53 Å². The molecule has 0 radical (unpaired) electrons. The summed E-state index contributed by atoms with van der Waals surface area (Å²) in [5.74, 6) is 0. The smallest absolute Gasteiger partial charge is 0.323 e. The van der Waals surface area contributed by atoms with E-state index in [-0.39, 0.29) is 11.6 Å². The third-order valence-corrected chi connectivity index (χ3v) is 4.88. The van der Waals surface area contributed by atoms with Crippen LogP contribution in [0.2, 0.25) is 0 Å². The summed E-state index contributed by atoms with van der Waals surface area (Å²) in [5, 5.41) is 5.64. The number of carbonyl (C=O) groups excluding carboxylic acids is 1. The zero-order chi connectivity index (χ0) is 14.0.